The standard InChI is InChI=1S/C22H21N3O4/c1-26-17-8-4-16(5-9-17)14-24-22-18(13-23)25-21(29-22)11-7-15-6-10-19(27-2)20(12-15)28-3/h4-12,24H,14H2,1-3H3/b11-7+. The van der Waals surface area contributed by atoms with Crippen molar-refractivity contribution in [2.24, 2.45) is 0 Å². The molecular formula is C22H21N3O4. The number of rotatable bonds is 8. The van der Waals surface area contributed by atoms with Crippen molar-refractivity contribution >= 4 is 18.0 Å². The number of ether oxygens (including phenoxy) is 3. The quantitative estimate of drug-likeness (QED) is 0.610. The molecule has 0 saturated heterocycles. The third-order valence-corrected chi connectivity index (χ3v) is 4.19. The molecule has 3 aromatic rings. The first-order valence-electron chi connectivity index (χ1n) is 8.84. The summed E-state index contributed by atoms with van der Waals surface area (Å²) in [6.45, 7) is 0.493. The highest BCUT2D eigenvalue weighted by Gasteiger charge is 2.11. The van der Waals surface area contributed by atoms with Crippen LogP contribution in [0.1, 0.15) is 22.7 Å². The third kappa shape index (κ3) is 4.87. The van der Waals surface area contributed by atoms with E-state index >= 15 is 0 Å². The Morgan fingerprint density at radius 3 is 2.41 bits per heavy atom. The van der Waals surface area contributed by atoms with Crippen molar-refractivity contribution in [2.45, 2.75) is 6.54 Å². The van der Waals surface area contributed by atoms with Crippen LogP contribution in [-0.2, 0) is 6.54 Å². The molecule has 3 rings (SSSR count). The van der Waals surface area contributed by atoms with E-state index in [9.17, 15) is 5.26 Å². The van der Waals surface area contributed by atoms with Crippen molar-refractivity contribution in [3.8, 4) is 23.3 Å². The summed E-state index contributed by atoms with van der Waals surface area (Å²) >= 11 is 0. The fourth-order valence-electron chi connectivity index (χ4n) is 2.65. The molecule has 1 N–H and O–H groups in total. The number of methoxy groups -OCH3 is 3. The van der Waals surface area contributed by atoms with Gasteiger partial charge in [0.2, 0.25) is 17.5 Å². The fourth-order valence-corrected chi connectivity index (χ4v) is 2.65. The van der Waals surface area contributed by atoms with Crippen molar-refractivity contribution in [1.82, 2.24) is 4.98 Å². The molecule has 0 amide bonds. The summed E-state index contributed by atoms with van der Waals surface area (Å²) < 4.78 is 21.4. The van der Waals surface area contributed by atoms with Crippen LogP contribution in [0.4, 0.5) is 5.88 Å². The zero-order valence-electron chi connectivity index (χ0n) is 16.4. The van der Waals surface area contributed by atoms with Gasteiger partial charge in [0.25, 0.3) is 0 Å². The molecule has 2 aromatic carbocycles. The van der Waals surface area contributed by atoms with Crippen LogP contribution in [0, 0.1) is 11.3 Å². The maximum absolute atomic E-state index is 9.32. The Kier molecular flexibility index (Phi) is 6.38. The average Bonchev–Trinajstić information content (AvgIpc) is 3.18. The lowest BCUT2D eigenvalue weighted by atomic mass is 10.2. The summed E-state index contributed by atoms with van der Waals surface area (Å²) in [5.41, 5.74) is 2.10. The predicted molar refractivity (Wildman–Crippen MR) is 110 cm³/mol. The first-order chi connectivity index (χ1) is 14.2. The SMILES string of the molecule is COc1ccc(CNc2oc(/C=C/c3ccc(OC)c(OC)c3)nc2C#N)cc1. The molecule has 29 heavy (non-hydrogen) atoms. The van der Waals surface area contributed by atoms with E-state index in [0.717, 1.165) is 16.9 Å². The summed E-state index contributed by atoms with van der Waals surface area (Å²) in [6, 6.07) is 15.2. The van der Waals surface area contributed by atoms with E-state index < -0.39 is 0 Å². The van der Waals surface area contributed by atoms with Gasteiger partial charge in [-0.15, -0.1) is 0 Å². The van der Waals surface area contributed by atoms with Gasteiger partial charge in [0, 0.05) is 12.6 Å². The molecule has 0 spiro atoms. The summed E-state index contributed by atoms with van der Waals surface area (Å²) in [4.78, 5) is 4.21. The molecule has 7 nitrogen and oxygen atoms in total. The molecule has 148 valence electrons. The smallest absolute Gasteiger partial charge is 0.232 e. The molecule has 0 unspecified atom stereocenters. The van der Waals surface area contributed by atoms with Gasteiger partial charge in [-0.05, 0) is 41.5 Å². The van der Waals surface area contributed by atoms with Gasteiger partial charge in [-0.3, -0.25) is 0 Å². The second-order valence-electron chi connectivity index (χ2n) is 5.99. The van der Waals surface area contributed by atoms with Crippen molar-refractivity contribution in [1.29, 1.82) is 5.26 Å². The number of hydrogen-bond donors (Lipinski definition) is 1. The largest absolute Gasteiger partial charge is 0.497 e. The minimum Gasteiger partial charge on any atom is -0.497 e. The second-order valence-corrected chi connectivity index (χ2v) is 5.99. The zero-order valence-corrected chi connectivity index (χ0v) is 16.4. The van der Waals surface area contributed by atoms with Gasteiger partial charge in [-0.1, -0.05) is 18.2 Å². The van der Waals surface area contributed by atoms with Crippen LogP contribution in [0.15, 0.2) is 46.9 Å². The molecular weight excluding hydrogens is 370 g/mol. The average molecular weight is 391 g/mol. The number of anilines is 1. The van der Waals surface area contributed by atoms with Gasteiger partial charge in [0.1, 0.15) is 11.8 Å². The first kappa shape index (κ1) is 19.8. The highest BCUT2D eigenvalue weighted by Crippen LogP contribution is 2.28. The zero-order chi connectivity index (χ0) is 20.6. The second kappa shape index (κ2) is 9.33. The number of nitrogens with zero attached hydrogens (tertiary/aromatic N) is 2. The lowest BCUT2D eigenvalue weighted by Crippen LogP contribution is -1.99. The van der Waals surface area contributed by atoms with Crippen molar-refractivity contribution in [2.75, 3.05) is 26.6 Å². The Morgan fingerprint density at radius 1 is 1.00 bits per heavy atom. The van der Waals surface area contributed by atoms with Crippen molar-refractivity contribution in [3.63, 3.8) is 0 Å². The number of benzene rings is 2. The van der Waals surface area contributed by atoms with Crippen LogP contribution < -0.4 is 19.5 Å². The maximum Gasteiger partial charge on any atom is 0.232 e. The van der Waals surface area contributed by atoms with Crippen LogP contribution in [0.2, 0.25) is 0 Å². The van der Waals surface area contributed by atoms with Gasteiger partial charge in [0.15, 0.2) is 11.5 Å². The van der Waals surface area contributed by atoms with Gasteiger partial charge in [0.05, 0.1) is 21.3 Å². The number of oxazole rings is 1. The van der Waals surface area contributed by atoms with Crippen LogP contribution in [0.25, 0.3) is 12.2 Å². The monoisotopic (exact) mass is 391 g/mol. The Balaban J connectivity index is 1.72. The molecule has 0 aliphatic heterocycles. The maximum atomic E-state index is 9.32. The molecule has 1 heterocycles. The van der Waals surface area contributed by atoms with Crippen LogP contribution >= 0.6 is 0 Å². The first-order valence-corrected chi connectivity index (χ1v) is 8.84. The molecule has 1 aromatic heterocycles. The van der Waals surface area contributed by atoms with Crippen molar-refractivity contribution < 1.29 is 18.6 Å². The summed E-state index contributed by atoms with van der Waals surface area (Å²) in [5.74, 6) is 2.72. The Morgan fingerprint density at radius 2 is 1.76 bits per heavy atom. The molecule has 0 bridgehead atoms. The molecule has 0 atom stereocenters. The summed E-state index contributed by atoms with van der Waals surface area (Å²) in [5, 5.41) is 12.4. The molecule has 0 aliphatic rings. The van der Waals surface area contributed by atoms with E-state index in [1.165, 1.54) is 0 Å². The van der Waals surface area contributed by atoms with Gasteiger partial charge in [-0.25, -0.2) is 0 Å². The molecule has 0 aliphatic carbocycles. The van der Waals surface area contributed by atoms with Crippen LogP contribution in [0.5, 0.6) is 17.2 Å². The van der Waals surface area contributed by atoms with Crippen LogP contribution in [-0.4, -0.2) is 26.3 Å². The highest BCUT2D eigenvalue weighted by atomic mass is 16.5. The van der Waals surface area contributed by atoms with Gasteiger partial charge in [-0.2, -0.15) is 10.2 Å². The molecule has 0 saturated carbocycles. The minimum atomic E-state index is 0.200. The van der Waals surface area contributed by atoms with Crippen LogP contribution in [0.3, 0.4) is 0 Å². The third-order valence-electron chi connectivity index (χ3n) is 4.19. The Hall–Kier alpha value is -3.92. The fraction of sp³-hybridized carbons (Fsp3) is 0.182. The Labute approximate surface area is 169 Å². The van der Waals surface area contributed by atoms with E-state index in [0.29, 0.717) is 29.8 Å². The van der Waals surface area contributed by atoms with E-state index in [2.05, 4.69) is 10.3 Å². The minimum absolute atomic E-state index is 0.200. The van der Waals surface area contributed by atoms with Gasteiger partial charge >= 0.3 is 0 Å². The van der Waals surface area contributed by atoms with E-state index in [4.69, 9.17) is 18.6 Å². The Bertz CT molecular complexity index is 1030. The van der Waals surface area contributed by atoms with E-state index in [1.807, 2.05) is 54.6 Å². The number of nitrogens with one attached hydrogen (secondary N) is 1. The number of aromatic nitrogens is 1. The highest BCUT2D eigenvalue weighted by molar-refractivity contribution is 5.69. The lowest BCUT2D eigenvalue weighted by Gasteiger charge is -2.07. The van der Waals surface area contributed by atoms with Gasteiger partial charge < -0.3 is 23.9 Å². The lowest BCUT2D eigenvalue weighted by molar-refractivity contribution is 0.355. The molecule has 0 radical (unpaired) electrons. The molecule has 0 fully saturated rings. The predicted octanol–water partition coefficient (Wildman–Crippen LogP) is 4.35. The summed E-state index contributed by atoms with van der Waals surface area (Å²) in [6.07, 6.45) is 3.52. The van der Waals surface area contributed by atoms with E-state index in [1.54, 1.807) is 27.4 Å². The van der Waals surface area contributed by atoms with Crippen molar-refractivity contribution in [3.05, 3.63) is 65.2 Å². The number of nitriles is 1. The van der Waals surface area contributed by atoms with E-state index in [-0.39, 0.29) is 5.69 Å². The molecule has 7 heteroatoms. The topological polar surface area (TPSA) is 89.5 Å². The number of hydrogen-bond acceptors (Lipinski definition) is 7. The summed E-state index contributed by atoms with van der Waals surface area (Å²) in [7, 11) is 4.79. The normalized spacial score (nSPS) is 10.6.